The van der Waals surface area contributed by atoms with Gasteiger partial charge in [-0.1, -0.05) is 18.2 Å². The van der Waals surface area contributed by atoms with Gasteiger partial charge in [-0.3, -0.25) is 4.98 Å². The van der Waals surface area contributed by atoms with Crippen LogP contribution in [0.4, 0.5) is 5.82 Å². The van der Waals surface area contributed by atoms with Crippen LogP contribution in [0.25, 0.3) is 10.9 Å². The van der Waals surface area contributed by atoms with Gasteiger partial charge in [0.1, 0.15) is 5.52 Å². The molecule has 0 bridgehead atoms. The zero-order valence-electron chi connectivity index (χ0n) is 13.0. The predicted octanol–water partition coefficient (Wildman–Crippen LogP) is 3.59. The molecule has 0 aliphatic carbocycles. The number of hydrogen-bond acceptors (Lipinski definition) is 5. The van der Waals surface area contributed by atoms with Crippen molar-refractivity contribution in [2.24, 2.45) is 0 Å². The highest BCUT2D eigenvalue weighted by Crippen LogP contribution is 2.23. The molecule has 1 aromatic carbocycles. The first kappa shape index (κ1) is 15.0. The zero-order chi connectivity index (χ0) is 16.2. The minimum Gasteiger partial charge on any atom is -0.465 e. The highest BCUT2D eigenvalue weighted by Gasteiger charge is 2.11. The van der Waals surface area contributed by atoms with Crippen LogP contribution in [0, 0.1) is 0 Å². The van der Waals surface area contributed by atoms with Crippen molar-refractivity contribution in [2.75, 3.05) is 12.4 Å². The lowest BCUT2D eigenvalue weighted by atomic mass is 10.1. The summed E-state index contributed by atoms with van der Waals surface area (Å²) in [6, 6.07) is 13.2. The van der Waals surface area contributed by atoms with Gasteiger partial charge >= 0.3 is 5.97 Å². The summed E-state index contributed by atoms with van der Waals surface area (Å²) in [5, 5.41) is 4.41. The second-order valence-electron chi connectivity index (χ2n) is 5.21. The molecule has 0 saturated heterocycles. The maximum Gasteiger partial charge on any atom is 0.337 e. The van der Waals surface area contributed by atoms with Crippen molar-refractivity contribution in [3.05, 3.63) is 66.0 Å². The van der Waals surface area contributed by atoms with Gasteiger partial charge in [0.15, 0.2) is 5.82 Å². The largest absolute Gasteiger partial charge is 0.465 e. The normalized spacial score (nSPS) is 11.9. The number of methoxy groups -OCH3 is 1. The van der Waals surface area contributed by atoms with Gasteiger partial charge in [-0.05, 0) is 36.8 Å². The lowest BCUT2D eigenvalue weighted by molar-refractivity contribution is 0.0600. The van der Waals surface area contributed by atoms with Crippen LogP contribution in [-0.2, 0) is 4.74 Å². The van der Waals surface area contributed by atoms with Gasteiger partial charge in [0.25, 0.3) is 0 Å². The maximum absolute atomic E-state index is 11.5. The Labute approximate surface area is 134 Å². The summed E-state index contributed by atoms with van der Waals surface area (Å²) in [4.78, 5) is 20.2. The van der Waals surface area contributed by atoms with Gasteiger partial charge in [-0.25, -0.2) is 9.78 Å². The number of aromatic nitrogens is 2. The van der Waals surface area contributed by atoms with Crippen molar-refractivity contribution in [1.29, 1.82) is 0 Å². The Morgan fingerprint density at radius 1 is 1.09 bits per heavy atom. The summed E-state index contributed by atoms with van der Waals surface area (Å²) in [7, 11) is 1.37. The van der Waals surface area contributed by atoms with Crippen LogP contribution in [0.2, 0.25) is 0 Å². The number of nitrogens with one attached hydrogen (secondary N) is 1. The molecular weight excluding hydrogens is 290 g/mol. The molecule has 0 spiro atoms. The average Bonchev–Trinajstić information content (AvgIpc) is 2.61. The van der Waals surface area contributed by atoms with Gasteiger partial charge in [-0.15, -0.1) is 0 Å². The number of anilines is 1. The third-order valence-corrected chi connectivity index (χ3v) is 3.71. The highest BCUT2D eigenvalue weighted by atomic mass is 16.5. The smallest absolute Gasteiger partial charge is 0.337 e. The standard InChI is InChI=1S/C18H17N3O2/c1-12(13-5-7-15(8-6-13)18(22)23-2)21-17-16-14(9-11-20-17)4-3-10-19-16/h3-12H,1-2H3,(H,20,21)/t12-/m0/s1. The Kier molecular flexibility index (Phi) is 4.19. The number of rotatable bonds is 4. The lowest BCUT2D eigenvalue weighted by Crippen LogP contribution is -2.09. The quantitative estimate of drug-likeness (QED) is 0.746. The number of ether oxygens (including phenoxy) is 1. The number of esters is 1. The molecule has 2 aromatic heterocycles. The Morgan fingerprint density at radius 2 is 1.87 bits per heavy atom. The van der Waals surface area contributed by atoms with Crippen LogP contribution < -0.4 is 5.32 Å². The SMILES string of the molecule is COC(=O)c1ccc([C@H](C)Nc2nccc3cccnc23)cc1. The summed E-state index contributed by atoms with van der Waals surface area (Å²) in [6.45, 7) is 2.04. The number of fused-ring (bicyclic) bond motifs is 1. The van der Waals surface area contributed by atoms with E-state index < -0.39 is 0 Å². The van der Waals surface area contributed by atoms with Crippen molar-refractivity contribution in [3.63, 3.8) is 0 Å². The van der Waals surface area contributed by atoms with Crippen molar-refractivity contribution >= 4 is 22.7 Å². The van der Waals surface area contributed by atoms with Crippen LogP contribution in [0.1, 0.15) is 28.9 Å². The fraction of sp³-hybridized carbons (Fsp3) is 0.167. The molecular formula is C18H17N3O2. The topological polar surface area (TPSA) is 64.1 Å². The molecule has 5 heteroatoms. The van der Waals surface area contributed by atoms with Crippen LogP contribution in [0.15, 0.2) is 54.9 Å². The molecule has 1 N–H and O–H groups in total. The summed E-state index contributed by atoms with van der Waals surface area (Å²) >= 11 is 0. The molecule has 0 unspecified atom stereocenters. The molecule has 116 valence electrons. The molecule has 3 rings (SSSR count). The highest BCUT2D eigenvalue weighted by molar-refractivity contribution is 5.89. The van der Waals surface area contributed by atoms with Gasteiger partial charge in [-0.2, -0.15) is 0 Å². The third-order valence-electron chi connectivity index (χ3n) is 3.71. The van der Waals surface area contributed by atoms with Crippen molar-refractivity contribution in [3.8, 4) is 0 Å². The van der Waals surface area contributed by atoms with E-state index in [0.29, 0.717) is 5.56 Å². The molecule has 0 saturated carbocycles. The molecule has 1 atom stereocenters. The molecule has 5 nitrogen and oxygen atoms in total. The summed E-state index contributed by atoms with van der Waals surface area (Å²) in [5.41, 5.74) is 2.42. The lowest BCUT2D eigenvalue weighted by Gasteiger charge is -2.16. The Hall–Kier alpha value is -2.95. The van der Waals surface area contributed by atoms with E-state index in [0.717, 1.165) is 22.3 Å². The van der Waals surface area contributed by atoms with E-state index in [4.69, 9.17) is 4.74 Å². The van der Waals surface area contributed by atoms with Crippen LogP contribution in [-0.4, -0.2) is 23.0 Å². The number of pyridine rings is 2. The zero-order valence-corrected chi connectivity index (χ0v) is 13.0. The number of carbonyl (C=O) groups is 1. The summed E-state index contributed by atoms with van der Waals surface area (Å²) in [5.74, 6) is 0.407. The maximum atomic E-state index is 11.5. The van der Waals surface area contributed by atoms with Crippen LogP contribution in [0.5, 0.6) is 0 Å². The second-order valence-corrected chi connectivity index (χ2v) is 5.21. The molecule has 23 heavy (non-hydrogen) atoms. The fourth-order valence-electron chi connectivity index (χ4n) is 2.42. The average molecular weight is 307 g/mol. The predicted molar refractivity (Wildman–Crippen MR) is 89.4 cm³/mol. The van der Waals surface area contributed by atoms with Crippen molar-refractivity contribution < 1.29 is 9.53 Å². The van der Waals surface area contributed by atoms with E-state index in [-0.39, 0.29) is 12.0 Å². The van der Waals surface area contributed by atoms with Crippen molar-refractivity contribution in [1.82, 2.24) is 9.97 Å². The third kappa shape index (κ3) is 3.13. The molecule has 0 aliphatic rings. The Balaban J connectivity index is 1.83. The van der Waals surface area contributed by atoms with Gasteiger partial charge < -0.3 is 10.1 Å². The first-order valence-corrected chi connectivity index (χ1v) is 7.33. The Morgan fingerprint density at radius 3 is 2.61 bits per heavy atom. The number of benzene rings is 1. The monoisotopic (exact) mass is 307 g/mol. The van der Waals surface area contributed by atoms with Crippen LogP contribution >= 0.6 is 0 Å². The van der Waals surface area contributed by atoms with Gasteiger partial charge in [0.2, 0.25) is 0 Å². The molecule has 0 fully saturated rings. The first-order valence-electron chi connectivity index (χ1n) is 7.33. The number of carbonyl (C=O) groups excluding carboxylic acids is 1. The molecule has 2 heterocycles. The van der Waals surface area contributed by atoms with E-state index in [1.165, 1.54) is 7.11 Å². The Bertz CT molecular complexity index is 826. The number of nitrogens with zero attached hydrogens (tertiary/aromatic N) is 2. The first-order chi connectivity index (χ1) is 11.2. The van der Waals surface area contributed by atoms with E-state index in [2.05, 4.69) is 15.3 Å². The van der Waals surface area contributed by atoms with Crippen LogP contribution in [0.3, 0.4) is 0 Å². The minimum atomic E-state index is -0.336. The molecule has 0 aliphatic heterocycles. The van der Waals surface area contributed by atoms with E-state index in [1.807, 2.05) is 37.3 Å². The molecule has 0 amide bonds. The fourth-order valence-corrected chi connectivity index (χ4v) is 2.42. The van der Waals surface area contributed by atoms with E-state index in [1.54, 1.807) is 24.5 Å². The van der Waals surface area contributed by atoms with Crippen molar-refractivity contribution in [2.45, 2.75) is 13.0 Å². The molecule has 3 aromatic rings. The minimum absolute atomic E-state index is 0.0294. The van der Waals surface area contributed by atoms with Gasteiger partial charge in [0, 0.05) is 17.8 Å². The van der Waals surface area contributed by atoms with E-state index in [9.17, 15) is 4.79 Å². The second kappa shape index (κ2) is 6.44. The summed E-state index contributed by atoms with van der Waals surface area (Å²) in [6.07, 6.45) is 3.52. The summed E-state index contributed by atoms with van der Waals surface area (Å²) < 4.78 is 4.71. The van der Waals surface area contributed by atoms with E-state index >= 15 is 0 Å². The van der Waals surface area contributed by atoms with Gasteiger partial charge in [0.05, 0.1) is 18.7 Å². The number of hydrogen-bond donors (Lipinski definition) is 1. The molecule has 0 radical (unpaired) electrons.